The topological polar surface area (TPSA) is 96.3 Å². The van der Waals surface area contributed by atoms with Gasteiger partial charge in [0.15, 0.2) is 0 Å². The van der Waals surface area contributed by atoms with Crippen molar-refractivity contribution in [1.29, 1.82) is 0 Å². The molecule has 0 saturated carbocycles. The lowest BCUT2D eigenvalue weighted by atomic mass is 10.0. The summed E-state index contributed by atoms with van der Waals surface area (Å²) in [6, 6.07) is -0.237. The van der Waals surface area contributed by atoms with Crippen molar-refractivity contribution in [3.63, 3.8) is 0 Å². The zero-order valence-electron chi connectivity index (χ0n) is 21.1. The van der Waals surface area contributed by atoms with Crippen LogP contribution in [-0.4, -0.2) is 53.5 Å². The number of carbonyl (C=O) groups is 1. The molecular weight excluding hydrogens is 429 g/mol. The smallest absolute Gasteiger partial charge is 0.463 e. The molecule has 32 heavy (non-hydrogen) atoms. The average Bonchev–Trinajstić information content (AvgIpc) is 2.69. The van der Waals surface area contributed by atoms with Crippen molar-refractivity contribution in [1.82, 2.24) is 4.90 Å². The minimum atomic E-state index is -4.52. The van der Waals surface area contributed by atoms with E-state index in [1.165, 1.54) is 84.0 Å². The molecule has 0 aliphatic rings. The van der Waals surface area contributed by atoms with Crippen molar-refractivity contribution in [3.05, 3.63) is 0 Å². The van der Waals surface area contributed by atoms with Gasteiger partial charge in [-0.25, -0.2) is 4.57 Å². The number of likely N-dealkylation sites (N-methyl/N-ethyl adjacent to an activating group) is 1. The van der Waals surface area contributed by atoms with Crippen LogP contribution in [0, 0.1) is 0 Å². The Balaban J connectivity index is 3.95. The molecule has 0 aromatic carbocycles. The fourth-order valence-corrected chi connectivity index (χ4v) is 4.31. The third kappa shape index (κ3) is 21.4. The summed E-state index contributed by atoms with van der Waals surface area (Å²) >= 11 is 0. The molecule has 192 valence electrons. The van der Waals surface area contributed by atoms with Gasteiger partial charge in [-0.15, -0.1) is 0 Å². The van der Waals surface area contributed by atoms with E-state index in [0.29, 0.717) is 6.42 Å². The van der Waals surface area contributed by atoms with Gasteiger partial charge in [-0.05, 0) is 26.9 Å². The summed E-state index contributed by atoms with van der Waals surface area (Å²) in [5, 5.41) is 0. The highest BCUT2D eigenvalue weighted by atomic mass is 31.2. The first-order valence-electron chi connectivity index (χ1n) is 12.7. The summed E-state index contributed by atoms with van der Waals surface area (Å²) in [6.07, 6.45) is 19.1. The molecule has 2 unspecified atom stereocenters. The number of nitrogens with zero attached hydrogens (tertiary/aromatic N) is 1. The van der Waals surface area contributed by atoms with Gasteiger partial charge in [0.2, 0.25) is 0 Å². The minimum absolute atomic E-state index is 0.103. The largest absolute Gasteiger partial charge is 0.469 e. The minimum Gasteiger partial charge on any atom is -0.463 e. The lowest BCUT2D eigenvalue weighted by Crippen LogP contribution is -2.36. The van der Waals surface area contributed by atoms with Gasteiger partial charge in [0.1, 0.15) is 6.10 Å². The highest BCUT2D eigenvalue weighted by Gasteiger charge is 2.24. The predicted molar refractivity (Wildman–Crippen MR) is 131 cm³/mol. The van der Waals surface area contributed by atoms with Gasteiger partial charge in [0.25, 0.3) is 0 Å². The van der Waals surface area contributed by atoms with E-state index in [1.807, 2.05) is 19.0 Å². The van der Waals surface area contributed by atoms with Crippen molar-refractivity contribution < 1.29 is 28.4 Å². The van der Waals surface area contributed by atoms with Gasteiger partial charge < -0.3 is 19.4 Å². The Bertz CT molecular complexity index is 497. The Hall–Kier alpha value is -0.460. The molecule has 7 nitrogen and oxygen atoms in total. The van der Waals surface area contributed by atoms with Crippen molar-refractivity contribution in [2.45, 2.75) is 129 Å². The summed E-state index contributed by atoms with van der Waals surface area (Å²) in [5.74, 6) is -0.325. The molecule has 0 amide bonds. The second-order valence-electron chi connectivity index (χ2n) is 9.26. The maximum atomic E-state index is 11.5. The third-order valence-electron chi connectivity index (χ3n) is 5.91. The molecule has 0 spiro atoms. The summed E-state index contributed by atoms with van der Waals surface area (Å²) in [4.78, 5) is 31.2. The van der Waals surface area contributed by atoms with Crippen LogP contribution >= 0.6 is 7.82 Å². The van der Waals surface area contributed by atoms with Crippen molar-refractivity contribution >= 4 is 13.8 Å². The van der Waals surface area contributed by atoms with Gasteiger partial charge >= 0.3 is 13.8 Å². The lowest BCUT2D eigenvalue weighted by Gasteiger charge is -2.28. The summed E-state index contributed by atoms with van der Waals surface area (Å²) in [7, 11) is -0.868. The normalized spacial score (nSPS) is 14.0. The highest BCUT2D eigenvalue weighted by Crippen LogP contribution is 2.36. The number of hydrogen-bond donors (Lipinski definition) is 2. The first-order chi connectivity index (χ1) is 15.2. The second kappa shape index (κ2) is 20.0. The Morgan fingerprint density at radius 1 is 0.844 bits per heavy atom. The summed E-state index contributed by atoms with van der Waals surface area (Å²) in [6.45, 7) is 3.55. The molecule has 0 aliphatic heterocycles. The highest BCUT2D eigenvalue weighted by molar-refractivity contribution is 7.46. The quantitative estimate of drug-likeness (QED) is 0.108. The molecule has 0 aliphatic carbocycles. The van der Waals surface area contributed by atoms with Crippen LogP contribution in [0.3, 0.4) is 0 Å². The molecule has 0 aromatic rings. The number of rotatable bonds is 22. The number of ether oxygens (including phenoxy) is 1. The molecule has 0 bridgehead atoms. The molecule has 0 radical (unpaired) electrons. The molecular formula is C24H50NO6P. The third-order valence-corrected chi connectivity index (χ3v) is 6.40. The first-order valence-corrected chi connectivity index (χ1v) is 14.2. The van der Waals surface area contributed by atoms with Gasteiger partial charge in [0.05, 0.1) is 6.61 Å². The monoisotopic (exact) mass is 479 g/mol. The van der Waals surface area contributed by atoms with E-state index in [9.17, 15) is 9.36 Å². The summed E-state index contributed by atoms with van der Waals surface area (Å²) in [5.41, 5.74) is 0. The molecule has 2 atom stereocenters. The molecule has 0 heterocycles. The number of hydrogen-bond acceptors (Lipinski definition) is 5. The Labute approximate surface area is 196 Å². The number of phosphoric ester groups is 1. The molecule has 0 rings (SSSR count). The van der Waals surface area contributed by atoms with E-state index in [1.54, 1.807) is 0 Å². The van der Waals surface area contributed by atoms with Gasteiger partial charge in [-0.2, -0.15) is 0 Å². The van der Waals surface area contributed by atoms with Crippen LogP contribution in [0.15, 0.2) is 0 Å². The standard InChI is InChI=1S/C24H50NO6P/c1-5-6-7-8-9-10-11-12-13-14-15-16-17-18-19-24(31-22(2)26)20-23(25(3)4)21-30-32(27,28)29/h23-24H,5-21H2,1-4H3,(H2,27,28,29). The van der Waals surface area contributed by atoms with Crippen molar-refractivity contribution in [2.24, 2.45) is 0 Å². The Morgan fingerprint density at radius 3 is 1.66 bits per heavy atom. The fourth-order valence-electron chi connectivity index (χ4n) is 3.94. The number of esters is 1. The fraction of sp³-hybridized carbons (Fsp3) is 0.958. The Morgan fingerprint density at radius 2 is 1.28 bits per heavy atom. The van der Waals surface area contributed by atoms with E-state index in [4.69, 9.17) is 14.5 Å². The second-order valence-corrected chi connectivity index (χ2v) is 10.5. The van der Waals surface area contributed by atoms with Crippen molar-refractivity contribution in [2.75, 3.05) is 20.7 Å². The zero-order valence-corrected chi connectivity index (χ0v) is 22.0. The summed E-state index contributed by atoms with van der Waals surface area (Å²) < 4.78 is 21.1. The van der Waals surface area contributed by atoms with Crippen LogP contribution in [0.2, 0.25) is 0 Å². The van der Waals surface area contributed by atoms with Crippen LogP contribution < -0.4 is 0 Å². The number of unbranched alkanes of at least 4 members (excludes halogenated alkanes) is 13. The maximum Gasteiger partial charge on any atom is 0.469 e. The Kier molecular flexibility index (Phi) is 19.7. The van der Waals surface area contributed by atoms with Crippen LogP contribution in [0.25, 0.3) is 0 Å². The van der Waals surface area contributed by atoms with E-state index in [-0.39, 0.29) is 24.7 Å². The lowest BCUT2D eigenvalue weighted by molar-refractivity contribution is -0.147. The van der Waals surface area contributed by atoms with Gasteiger partial charge in [0, 0.05) is 19.4 Å². The SMILES string of the molecule is CCCCCCCCCCCCCCCCC(CC(COP(=O)(O)O)N(C)C)OC(C)=O. The predicted octanol–water partition coefficient (Wildman–Crippen LogP) is 6.22. The van der Waals surface area contributed by atoms with Crippen LogP contribution in [0.4, 0.5) is 0 Å². The molecule has 0 saturated heterocycles. The van der Waals surface area contributed by atoms with Crippen molar-refractivity contribution in [3.8, 4) is 0 Å². The molecule has 0 aromatic heterocycles. The van der Waals surface area contributed by atoms with Crippen LogP contribution in [0.1, 0.15) is 117 Å². The van der Waals surface area contributed by atoms with Gasteiger partial charge in [-0.1, -0.05) is 90.4 Å². The first kappa shape index (κ1) is 31.5. The average molecular weight is 480 g/mol. The van der Waals surface area contributed by atoms with Crippen LogP contribution in [-0.2, 0) is 18.6 Å². The van der Waals surface area contributed by atoms with E-state index in [0.717, 1.165) is 19.3 Å². The van der Waals surface area contributed by atoms with Crippen LogP contribution in [0.5, 0.6) is 0 Å². The molecule has 2 N–H and O–H groups in total. The molecule has 0 fully saturated rings. The van der Waals surface area contributed by atoms with E-state index < -0.39 is 7.82 Å². The number of carbonyl (C=O) groups excluding carboxylic acids is 1. The zero-order chi connectivity index (χ0) is 24.2. The maximum absolute atomic E-state index is 11.5. The molecule has 8 heteroatoms. The van der Waals surface area contributed by atoms with E-state index >= 15 is 0 Å². The number of phosphoric acid groups is 1. The van der Waals surface area contributed by atoms with E-state index in [2.05, 4.69) is 11.4 Å². The van der Waals surface area contributed by atoms with Gasteiger partial charge in [-0.3, -0.25) is 9.32 Å².